The van der Waals surface area contributed by atoms with E-state index in [9.17, 15) is 4.79 Å². The quantitative estimate of drug-likeness (QED) is 0.484. The van der Waals surface area contributed by atoms with Crippen molar-refractivity contribution >= 4 is 6.09 Å². The fourth-order valence-electron chi connectivity index (χ4n) is 0.146. The molecule has 2 N–H and O–H groups in total. The predicted octanol–water partition coefficient (Wildman–Crippen LogP) is -0.739. The number of aliphatic hydroxyl groups is 1. The van der Waals surface area contributed by atoms with Crippen molar-refractivity contribution in [2.45, 2.75) is 0 Å². The van der Waals surface area contributed by atoms with Crippen molar-refractivity contribution in [1.82, 2.24) is 5.32 Å². The molecule has 0 saturated carbocycles. The molecule has 1 radical (unpaired) electrons. The molecule has 0 unspecified atom stereocenters. The lowest BCUT2D eigenvalue weighted by molar-refractivity contribution is 0.188. The zero-order chi connectivity index (χ0) is 5.70. The topological polar surface area (TPSA) is 71.6 Å². The number of nitrogens with zero attached hydrogens (tertiary/aromatic N) is 1. The zero-order valence-corrected chi connectivity index (χ0v) is 3.66. The third kappa shape index (κ3) is 5.23. The lowest BCUT2D eigenvalue weighted by Gasteiger charge is -1.87. The first-order valence-electron chi connectivity index (χ1n) is 1.78. The Morgan fingerprint density at radius 3 is 2.43 bits per heavy atom. The summed E-state index contributed by atoms with van der Waals surface area (Å²) in [4.78, 5) is 9.48. The summed E-state index contributed by atoms with van der Waals surface area (Å²) in [6.07, 6.45) is -1.23. The van der Waals surface area contributed by atoms with Crippen molar-refractivity contribution in [1.29, 1.82) is 0 Å². The Labute approximate surface area is 40.8 Å². The van der Waals surface area contributed by atoms with Crippen LogP contribution in [0.25, 0.3) is 0 Å². The first-order chi connectivity index (χ1) is 3.27. The van der Waals surface area contributed by atoms with Crippen molar-refractivity contribution in [3.8, 4) is 0 Å². The maximum Gasteiger partial charge on any atom is 0.426 e. The minimum atomic E-state index is -1.23. The molecule has 0 rings (SSSR count). The molecule has 0 aromatic rings. The van der Waals surface area contributed by atoms with E-state index in [1.54, 1.807) is 0 Å². The molecule has 0 atom stereocenters. The summed E-state index contributed by atoms with van der Waals surface area (Å²) in [7, 11) is 0. The van der Waals surface area contributed by atoms with E-state index < -0.39 is 6.09 Å². The minimum Gasteiger partial charge on any atom is -0.464 e. The van der Waals surface area contributed by atoms with Gasteiger partial charge >= 0.3 is 6.09 Å². The predicted molar refractivity (Wildman–Crippen MR) is 22.1 cm³/mol. The molecule has 0 heterocycles. The lowest BCUT2D eigenvalue weighted by atomic mass is 10.7. The molecule has 0 aliphatic rings. The van der Waals surface area contributed by atoms with E-state index in [1.807, 2.05) is 0 Å². The van der Waals surface area contributed by atoms with Crippen LogP contribution in [-0.4, -0.2) is 29.5 Å². The number of hydrogen-bond donors (Lipinski definition) is 2. The lowest BCUT2D eigenvalue weighted by Crippen LogP contribution is -2.15. The van der Waals surface area contributed by atoms with Crippen LogP contribution < -0.4 is 5.32 Å². The fraction of sp³-hybridized carbons (Fsp3) is 0.667. The van der Waals surface area contributed by atoms with Crippen LogP contribution in [0.3, 0.4) is 0 Å². The zero-order valence-electron chi connectivity index (χ0n) is 3.66. The van der Waals surface area contributed by atoms with E-state index in [4.69, 9.17) is 10.2 Å². The van der Waals surface area contributed by atoms with Gasteiger partial charge in [-0.2, -0.15) is 0 Å². The molecule has 4 nitrogen and oxygen atoms in total. The van der Waals surface area contributed by atoms with Gasteiger partial charge < -0.3 is 10.2 Å². The molecule has 4 heteroatoms. The molecule has 0 spiro atoms. The average Bonchev–Trinajstić information content (AvgIpc) is 1.61. The minimum absolute atomic E-state index is 0.0185. The molecule has 7 heavy (non-hydrogen) atoms. The maximum atomic E-state index is 9.48. The van der Waals surface area contributed by atoms with Gasteiger partial charge in [0, 0.05) is 0 Å². The van der Waals surface area contributed by atoms with Gasteiger partial charge in [-0.05, 0) is 0 Å². The van der Waals surface area contributed by atoms with Gasteiger partial charge in [-0.1, -0.05) is 0 Å². The van der Waals surface area contributed by atoms with E-state index in [0.29, 0.717) is 0 Å². The van der Waals surface area contributed by atoms with Gasteiger partial charge in [0.2, 0.25) is 0 Å². The summed E-state index contributed by atoms with van der Waals surface area (Å²) in [5, 5.41) is 18.6. The summed E-state index contributed by atoms with van der Waals surface area (Å²) in [5.41, 5.74) is 0. The van der Waals surface area contributed by atoms with E-state index >= 15 is 0 Å². The number of rotatable bonds is 2. The highest BCUT2D eigenvalue weighted by Gasteiger charge is 1.91. The monoisotopic (exact) mass is 104 g/mol. The number of carboxylic acid groups (broad SMARTS) is 1. The van der Waals surface area contributed by atoms with Crippen LogP contribution in [0.2, 0.25) is 0 Å². The summed E-state index contributed by atoms with van der Waals surface area (Å²) < 4.78 is 0. The number of hydrogen-bond acceptors (Lipinski definition) is 2. The third-order valence-corrected chi connectivity index (χ3v) is 0.347. The largest absolute Gasteiger partial charge is 0.464 e. The second kappa shape index (κ2) is 3.42. The Balaban J connectivity index is 2.82. The molecule has 1 amide bonds. The van der Waals surface area contributed by atoms with Gasteiger partial charge in [0.15, 0.2) is 0 Å². The highest BCUT2D eigenvalue weighted by atomic mass is 16.4. The Kier molecular flexibility index (Phi) is 3.04. The highest BCUT2D eigenvalue weighted by Crippen LogP contribution is 1.61. The molecular formula is C3H6NO3. The molecule has 0 aromatic carbocycles. The van der Waals surface area contributed by atoms with Gasteiger partial charge in [-0.25, -0.2) is 10.1 Å². The number of carbonyl (C=O) groups is 1. The standard InChI is InChI=1S/C3H6NO3/c5-2-1-4-3(6)7/h5H,1-2H2,(H,6,7). The summed E-state index contributed by atoms with van der Waals surface area (Å²) in [6, 6.07) is 0. The van der Waals surface area contributed by atoms with Gasteiger partial charge in [-0.3, -0.25) is 0 Å². The molecule has 0 aromatic heterocycles. The van der Waals surface area contributed by atoms with Gasteiger partial charge in [0.05, 0.1) is 13.2 Å². The first-order valence-corrected chi connectivity index (χ1v) is 1.78. The first kappa shape index (κ1) is 6.23. The maximum absolute atomic E-state index is 9.48. The number of amides is 1. The van der Waals surface area contributed by atoms with Crippen LogP contribution in [0.1, 0.15) is 0 Å². The molecule has 0 saturated heterocycles. The SMILES string of the molecule is O=C(O)[N]CCO. The molecule has 41 valence electrons. The molecule has 0 aliphatic carbocycles. The van der Waals surface area contributed by atoms with Crippen LogP contribution in [0.15, 0.2) is 0 Å². The van der Waals surface area contributed by atoms with Crippen LogP contribution >= 0.6 is 0 Å². The van der Waals surface area contributed by atoms with E-state index in [0.717, 1.165) is 0 Å². The highest BCUT2D eigenvalue weighted by molar-refractivity contribution is 5.63. The van der Waals surface area contributed by atoms with Crippen molar-refractivity contribution in [3.05, 3.63) is 0 Å². The summed E-state index contributed by atoms with van der Waals surface area (Å²) in [6.45, 7) is -0.221. The normalized spacial score (nSPS) is 8.14. The Morgan fingerprint density at radius 1 is 1.71 bits per heavy atom. The van der Waals surface area contributed by atoms with Crippen molar-refractivity contribution in [2.75, 3.05) is 13.2 Å². The average molecular weight is 104 g/mol. The van der Waals surface area contributed by atoms with Gasteiger partial charge in [-0.15, -0.1) is 0 Å². The molecule has 0 fully saturated rings. The van der Waals surface area contributed by atoms with Crippen LogP contribution in [0.5, 0.6) is 0 Å². The number of aliphatic hydroxyl groups excluding tert-OH is 1. The van der Waals surface area contributed by atoms with Crippen LogP contribution in [0, 0.1) is 0 Å². The van der Waals surface area contributed by atoms with Crippen molar-refractivity contribution < 1.29 is 15.0 Å². The summed E-state index contributed by atoms with van der Waals surface area (Å²) in [5.74, 6) is 0. The molecule has 0 bridgehead atoms. The van der Waals surface area contributed by atoms with E-state index in [2.05, 4.69) is 5.32 Å². The van der Waals surface area contributed by atoms with Crippen LogP contribution in [-0.2, 0) is 0 Å². The van der Waals surface area contributed by atoms with Gasteiger partial charge in [0.25, 0.3) is 0 Å². The van der Waals surface area contributed by atoms with E-state index in [1.165, 1.54) is 0 Å². The molecular weight excluding hydrogens is 98.0 g/mol. The Bertz CT molecular complexity index is 63.2. The van der Waals surface area contributed by atoms with Crippen LogP contribution in [0.4, 0.5) is 4.79 Å². The second-order valence-corrected chi connectivity index (χ2v) is 0.888. The Morgan fingerprint density at radius 2 is 2.29 bits per heavy atom. The smallest absolute Gasteiger partial charge is 0.426 e. The van der Waals surface area contributed by atoms with Gasteiger partial charge in [0.1, 0.15) is 0 Å². The van der Waals surface area contributed by atoms with Crippen molar-refractivity contribution in [3.63, 3.8) is 0 Å². The third-order valence-electron chi connectivity index (χ3n) is 0.347. The van der Waals surface area contributed by atoms with E-state index in [-0.39, 0.29) is 13.2 Å². The second-order valence-electron chi connectivity index (χ2n) is 0.888. The Hall–Kier alpha value is -0.770. The fourth-order valence-corrected chi connectivity index (χ4v) is 0.146. The summed E-state index contributed by atoms with van der Waals surface area (Å²) >= 11 is 0. The van der Waals surface area contributed by atoms with Crippen molar-refractivity contribution in [2.24, 2.45) is 0 Å². The molecule has 0 aliphatic heterocycles.